The number of sulfonamides is 1. The Labute approximate surface area is 155 Å². The number of nitrogens with zero attached hydrogens (tertiary/aromatic N) is 3. The molecule has 1 aromatic carbocycles. The van der Waals surface area contributed by atoms with Crippen molar-refractivity contribution >= 4 is 26.7 Å². The summed E-state index contributed by atoms with van der Waals surface area (Å²) >= 11 is -1.32. The lowest BCUT2D eigenvalue weighted by Crippen LogP contribution is -2.15. The molecule has 0 bridgehead atoms. The Bertz CT molecular complexity index is 1050. The Balaban J connectivity index is 2.26. The summed E-state index contributed by atoms with van der Waals surface area (Å²) in [4.78, 5) is 4.23. The van der Waals surface area contributed by atoms with Crippen LogP contribution in [0.2, 0.25) is 0 Å². The van der Waals surface area contributed by atoms with Crippen LogP contribution in [0.4, 0.5) is 0 Å². The van der Waals surface area contributed by atoms with Gasteiger partial charge in [-0.2, -0.15) is 4.98 Å². The molecule has 0 aliphatic heterocycles. The maximum absolute atomic E-state index is 12.1. The molecule has 2 N–H and O–H groups in total. The SMILES string of the molecule is CCCCc1c(-c2ccc3cnc([S+](C)[O-])nn23)cccc1S(N)(=O)=O. The number of aromatic nitrogens is 3. The summed E-state index contributed by atoms with van der Waals surface area (Å²) in [5.41, 5.74) is 2.87. The molecular weight excluding hydrogens is 372 g/mol. The van der Waals surface area contributed by atoms with Crippen molar-refractivity contribution in [2.45, 2.75) is 36.2 Å². The summed E-state index contributed by atoms with van der Waals surface area (Å²) in [6.07, 6.45) is 5.46. The van der Waals surface area contributed by atoms with Gasteiger partial charge in [0.25, 0.3) is 0 Å². The average molecular weight is 393 g/mol. The minimum Gasteiger partial charge on any atom is -0.609 e. The molecule has 0 fully saturated rings. The number of hydrogen-bond acceptors (Lipinski definition) is 5. The number of benzene rings is 1. The molecule has 0 radical (unpaired) electrons. The predicted molar refractivity (Wildman–Crippen MR) is 101 cm³/mol. The first-order valence-electron chi connectivity index (χ1n) is 8.16. The lowest BCUT2D eigenvalue weighted by atomic mass is 10.00. The van der Waals surface area contributed by atoms with Gasteiger partial charge in [-0.3, -0.25) is 0 Å². The van der Waals surface area contributed by atoms with Crippen molar-refractivity contribution in [1.82, 2.24) is 14.6 Å². The second kappa shape index (κ2) is 7.36. The highest BCUT2D eigenvalue weighted by Gasteiger charge is 2.20. The summed E-state index contributed by atoms with van der Waals surface area (Å²) in [6, 6.07) is 8.74. The molecule has 0 saturated heterocycles. The number of hydrogen-bond donors (Lipinski definition) is 1. The minimum atomic E-state index is -3.84. The van der Waals surface area contributed by atoms with Crippen molar-refractivity contribution in [2.75, 3.05) is 6.26 Å². The van der Waals surface area contributed by atoms with E-state index in [0.29, 0.717) is 17.7 Å². The number of nitrogens with two attached hydrogens (primary N) is 1. The molecule has 1 unspecified atom stereocenters. The van der Waals surface area contributed by atoms with Gasteiger partial charge in [0.2, 0.25) is 10.0 Å². The van der Waals surface area contributed by atoms with E-state index in [-0.39, 0.29) is 10.1 Å². The lowest BCUT2D eigenvalue weighted by molar-refractivity contribution is 0.586. The minimum absolute atomic E-state index is 0.131. The van der Waals surface area contributed by atoms with Gasteiger partial charge in [-0.05, 0) is 36.6 Å². The summed E-state index contributed by atoms with van der Waals surface area (Å²) in [5, 5.41) is 9.99. The Morgan fingerprint density at radius 2 is 2.04 bits per heavy atom. The normalized spacial score (nSPS) is 13.2. The van der Waals surface area contributed by atoms with E-state index >= 15 is 0 Å². The zero-order valence-electron chi connectivity index (χ0n) is 14.5. The topological polar surface area (TPSA) is 113 Å². The van der Waals surface area contributed by atoms with Crippen LogP contribution in [-0.4, -0.2) is 33.8 Å². The van der Waals surface area contributed by atoms with E-state index in [4.69, 9.17) is 5.14 Å². The third kappa shape index (κ3) is 3.61. The molecule has 2 aromatic heterocycles. The number of unbranched alkanes of at least 4 members (excludes halogenated alkanes) is 1. The highest BCUT2D eigenvalue weighted by atomic mass is 32.2. The van der Waals surface area contributed by atoms with Gasteiger partial charge in [-0.15, -0.1) is 0 Å². The first-order valence-corrected chi connectivity index (χ1v) is 11.3. The summed E-state index contributed by atoms with van der Waals surface area (Å²) in [6.45, 7) is 2.04. The van der Waals surface area contributed by atoms with E-state index in [9.17, 15) is 13.0 Å². The van der Waals surface area contributed by atoms with Crippen LogP contribution >= 0.6 is 0 Å². The maximum atomic E-state index is 12.1. The van der Waals surface area contributed by atoms with E-state index in [0.717, 1.165) is 23.9 Å². The molecule has 0 aliphatic carbocycles. The van der Waals surface area contributed by atoms with Crippen LogP contribution in [0.5, 0.6) is 0 Å². The Hall–Kier alpha value is -1.94. The molecule has 0 aliphatic rings. The van der Waals surface area contributed by atoms with Crippen LogP contribution in [0.1, 0.15) is 25.3 Å². The quantitative estimate of drug-likeness (QED) is 0.646. The number of fused-ring (bicyclic) bond motifs is 1. The van der Waals surface area contributed by atoms with Gasteiger partial charge in [0.1, 0.15) is 6.26 Å². The molecule has 1 atom stereocenters. The smallest absolute Gasteiger partial charge is 0.359 e. The summed E-state index contributed by atoms with van der Waals surface area (Å²) in [7, 11) is -3.84. The molecule has 26 heavy (non-hydrogen) atoms. The van der Waals surface area contributed by atoms with Gasteiger partial charge in [0.15, 0.2) is 0 Å². The average Bonchev–Trinajstić information content (AvgIpc) is 3.01. The molecule has 7 nitrogen and oxygen atoms in total. The second-order valence-electron chi connectivity index (χ2n) is 5.98. The molecule has 138 valence electrons. The maximum Gasteiger partial charge on any atom is 0.359 e. The third-order valence-electron chi connectivity index (χ3n) is 4.13. The van der Waals surface area contributed by atoms with Crippen LogP contribution in [0.3, 0.4) is 0 Å². The second-order valence-corrected chi connectivity index (χ2v) is 8.78. The van der Waals surface area contributed by atoms with Crippen molar-refractivity contribution in [3.63, 3.8) is 0 Å². The van der Waals surface area contributed by atoms with E-state index in [1.54, 1.807) is 16.8 Å². The van der Waals surface area contributed by atoms with Crippen molar-refractivity contribution in [3.8, 4) is 11.3 Å². The third-order valence-corrected chi connectivity index (χ3v) is 5.83. The van der Waals surface area contributed by atoms with Crippen molar-refractivity contribution in [3.05, 3.63) is 42.1 Å². The molecule has 3 rings (SSSR count). The van der Waals surface area contributed by atoms with Crippen LogP contribution in [0.25, 0.3) is 16.8 Å². The van der Waals surface area contributed by atoms with Crippen molar-refractivity contribution in [1.29, 1.82) is 0 Å². The van der Waals surface area contributed by atoms with Gasteiger partial charge in [-0.25, -0.2) is 18.1 Å². The Kier molecular flexibility index (Phi) is 5.33. The van der Waals surface area contributed by atoms with Gasteiger partial charge >= 0.3 is 5.16 Å². The monoisotopic (exact) mass is 392 g/mol. The van der Waals surface area contributed by atoms with Crippen LogP contribution in [0, 0.1) is 0 Å². The van der Waals surface area contributed by atoms with E-state index in [2.05, 4.69) is 10.1 Å². The van der Waals surface area contributed by atoms with E-state index in [1.165, 1.54) is 12.3 Å². The summed E-state index contributed by atoms with van der Waals surface area (Å²) < 4.78 is 37.5. The summed E-state index contributed by atoms with van der Waals surface area (Å²) in [5.74, 6) is 0. The first kappa shape index (κ1) is 18.8. The molecule has 0 amide bonds. The molecule has 3 aromatic rings. The van der Waals surface area contributed by atoms with Crippen molar-refractivity contribution < 1.29 is 13.0 Å². The van der Waals surface area contributed by atoms with Crippen LogP contribution in [0.15, 0.2) is 46.6 Å². The van der Waals surface area contributed by atoms with Gasteiger partial charge < -0.3 is 4.55 Å². The molecule has 2 heterocycles. The van der Waals surface area contributed by atoms with Gasteiger partial charge in [-0.1, -0.05) is 30.6 Å². The zero-order valence-corrected chi connectivity index (χ0v) is 16.2. The zero-order chi connectivity index (χ0) is 18.9. The Morgan fingerprint density at radius 1 is 1.27 bits per heavy atom. The van der Waals surface area contributed by atoms with Gasteiger partial charge in [0.05, 0.1) is 22.3 Å². The Morgan fingerprint density at radius 3 is 2.69 bits per heavy atom. The molecule has 0 spiro atoms. The lowest BCUT2D eigenvalue weighted by Gasteiger charge is -2.14. The van der Waals surface area contributed by atoms with E-state index in [1.807, 2.05) is 25.1 Å². The van der Waals surface area contributed by atoms with Gasteiger partial charge in [0, 0.05) is 16.7 Å². The highest BCUT2D eigenvalue weighted by Crippen LogP contribution is 2.31. The molecule has 0 saturated carbocycles. The largest absolute Gasteiger partial charge is 0.609 e. The fourth-order valence-electron chi connectivity index (χ4n) is 2.91. The number of rotatable bonds is 6. The van der Waals surface area contributed by atoms with Crippen LogP contribution < -0.4 is 5.14 Å². The standard InChI is InChI=1S/C17H20N4O3S2/c1-3-4-6-14-13(7-5-8-16(14)26(18,23)24)15-10-9-12-11-19-17(25(2)22)20-21(12)15/h5,7-11H,3-4,6H2,1-2H3,(H2,18,23,24). The highest BCUT2D eigenvalue weighted by molar-refractivity contribution is 7.90. The van der Waals surface area contributed by atoms with Crippen LogP contribution in [-0.2, 0) is 27.6 Å². The van der Waals surface area contributed by atoms with Crippen molar-refractivity contribution in [2.24, 2.45) is 5.14 Å². The predicted octanol–water partition coefficient (Wildman–Crippen LogP) is 2.12. The number of primary sulfonamides is 1. The fraction of sp³-hybridized carbons (Fsp3) is 0.294. The van der Waals surface area contributed by atoms with E-state index < -0.39 is 21.2 Å². The fourth-order valence-corrected chi connectivity index (χ4v) is 4.13. The molecular formula is C17H20N4O3S2. The molecule has 9 heteroatoms. The first-order chi connectivity index (χ1) is 12.3.